The summed E-state index contributed by atoms with van der Waals surface area (Å²) in [5.74, 6) is 0. The Bertz CT molecular complexity index is 321. The fraction of sp³-hybridized carbons (Fsp3) is 0.944. The van der Waals surface area contributed by atoms with E-state index in [0.717, 1.165) is 45.4 Å². The number of nitrogens with one attached hydrogen (secondary N) is 2. The molecule has 1 fully saturated rings. The van der Waals surface area contributed by atoms with Crippen LogP contribution in [-0.4, -0.2) is 43.5 Å². The van der Waals surface area contributed by atoms with E-state index in [2.05, 4.69) is 17.6 Å². The van der Waals surface area contributed by atoms with E-state index in [4.69, 9.17) is 9.47 Å². The molecule has 0 unspecified atom stereocenters. The van der Waals surface area contributed by atoms with E-state index in [1.165, 1.54) is 19.3 Å². The largest absolute Gasteiger partial charge is 0.444 e. The van der Waals surface area contributed by atoms with Crippen molar-refractivity contribution in [2.45, 2.75) is 90.4 Å². The lowest BCUT2D eigenvalue weighted by Crippen LogP contribution is -2.42. The summed E-state index contributed by atoms with van der Waals surface area (Å²) in [4.78, 5) is 11.8. The van der Waals surface area contributed by atoms with E-state index >= 15 is 0 Å². The van der Waals surface area contributed by atoms with Crippen molar-refractivity contribution in [1.82, 2.24) is 10.6 Å². The molecule has 0 aromatic heterocycles. The molecular weight excluding hydrogens is 292 g/mol. The standard InChI is InChI=1S/C18H36N2O3/c1-5-6-7-12-19-13-14-22-16-10-8-15(9-11-16)20-17(21)23-18(2,3)4/h15-16,19H,5-14H2,1-4H3,(H,20,21). The van der Waals surface area contributed by atoms with Gasteiger partial charge in [-0.15, -0.1) is 0 Å². The minimum absolute atomic E-state index is 0.219. The van der Waals surface area contributed by atoms with Crippen LogP contribution in [0.5, 0.6) is 0 Å². The van der Waals surface area contributed by atoms with Gasteiger partial charge in [-0.2, -0.15) is 0 Å². The van der Waals surface area contributed by atoms with Crippen molar-refractivity contribution in [1.29, 1.82) is 0 Å². The van der Waals surface area contributed by atoms with Crippen LogP contribution in [0.1, 0.15) is 72.6 Å². The number of ether oxygens (including phenoxy) is 2. The maximum Gasteiger partial charge on any atom is 0.407 e. The van der Waals surface area contributed by atoms with Crippen LogP contribution in [0.3, 0.4) is 0 Å². The van der Waals surface area contributed by atoms with Gasteiger partial charge >= 0.3 is 6.09 Å². The van der Waals surface area contributed by atoms with Crippen LogP contribution in [0.15, 0.2) is 0 Å². The molecule has 0 spiro atoms. The van der Waals surface area contributed by atoms with Gasteiger partial charge in [-0.25, -0.2) is 4.79 Å². The Balaban J connectivity index is 2.03. The first kappa shape index (κ1) is 20.2. The summed E-state index contributed by atoms with van der Waals surface area (Å²) in [6, 6.07) is 0.219. The first-order valence-electron chi connectivity index (χ1n) is 9.22. The lowest BCUT2D eigenvalue weighted by atomic mass is 9.93. The van der Waals surface area contributed by atoms with E-state index in [0.29, 0.717) is 6.10 Å². The van der Waals surface area contributed by atoms with E-state index in [1.807, 2.05) is 20.8 Å². The lowest BCUT2D eigenvalue weighted by molar-refractivity contribution is 0.0195. The Hall–Kier alpha value is -0.810. The predicted octanol–water partition coefficient (Wildman–Crippen LogP) is 3.62. The van der Waals surface area contributed by atoms with E-state index in [-0.39, 0.29) is 12.1 Å². The van der Waals surface area contributed by atoms with Gasteiger partial charge in [-0.3, -0.25) is 0 Å². The second-order valence-electron chi connectivity index (χ2n) is 7.45. The van der Waals surface area contributed by atoms with Crippen LogP contribution in [-0.2, 0) is 9.47 Å². The van der Waals surface area contributed by atoms with E-state index in [9.17, 15) is 4.79 Å². The zero-order chi connectivity index (χ0) is 17.1. The highest BCUT2D eigenvalue weighted by molar-refractivity contribution is 5.68. The van der Waals surface area contributed by atoms with Crippen molar-refractivity contribution in [2.24, 2.45) is 0 Å². The number of amides is 1. The summed E-state index contributed by atoms with van der Waals surface area (Å²) < 4.78 is 11.2. The number of hydrogen-bond donors (Lipinski definition) is 2. The molecule has 136 valence electrons. The fourth-order valence-electron chi connectivity index (χ4n) is 2.77. The van der Waals surface area contributed by atoms with Crippen molar-refractivity contribution in [3.05, 3.63) is 0 Å². The number of alkyl carbamates (subject to hydrolysis) is 1. The minimum atomic E-state index is -0.436. The zero-order valence-corrected chi connectivity index (χ0v) is 15.5. The Morgan fingerprint density at radius 1 is 1.09 bits per heavy atom. The van der Waals surface area contributed by atoms with Gasteiger partial charge in [0, 0.05) is 12.6 Å². The Morgan fingerprint density at radius 2 is 1.78 bits per heavy atom. The van der Waals surface area contributed by atoms with Gasteiger partial charge in [0.25, 0.3) is 0 Å². The van der Waals surface area contributed by atoms with Gasteiger partial charge < -0.3 is 20.1 Å². The van der Waals surface area contributed by atoms with Gasteiger partial charge in [0.15, 0.2) is 0 Å². The molecule has 0 radical (unpaired) electrons. The second kappa shape index (κ2) is 10.9. The molecule has 0 aromatic rings. The third-order valence-electron chi connectivity index (χ3n) is 3.98. The molecule has 0 aliphatic heterocycles. The first-order chi connectivity index (χ1) is 10.9. The molecule has 1 saturated carbocycles. The molecule has 1 aliphatic rings. The van der Waals surface area contributed by atoms with E-state index in [1.54, 1.807) is 0 Å². The predicted molar refractivity (Wildman–Crippen MR) is 93.8 cm³/mol. The SMILES string of the molecule is CCCCCNCCOC1CCC(NC(=O)OC(C)(C)C)CC1. The summed E-state index contributed by atoms with van der Waals surface area (Å²) in [6.07, 6.45) is 7.79. The topological polar surface area (TPSA) is 59.6 Å². The highest BCUT2D eigenvalue weighted by atomic mass is 16.6. The average molecular weight is 328 g/mol. The van der Waals surface area contributed by atoms with E-state index < -0.39 is 5.60 Å². The molecule has 0 atom stereocenters. The molecule has 1 aliphatic carbocycles. The molecule has 2 N–H and O–H groups in total. The van der Waals surface area contributed by atoms with Crippen molar-refractivity contribution >= 4 is 6.09 Å². The number of unbranched alkanes of at least 4 members (excludes halogenated alkanes) is 2. The molecule has 5 nitrogen and oxygen atoms in total. The molecule has 5 heteroatoms. The average Bonchev–Trinajstić information content (AvgIpc) is 2.46. The fourth-order valence-corrected chi connectivity index (χ4v) is 2.77. The highest BCUT2D eigenvalue weighted by Gasteiger charge is 2.24. The normalized spacial score (nSPS) is 21.9. The molecule has 0 heterocycles. The number of rotatable bonds is 9. The van der Waals surface area contributed by atoms with Crippen LogP contribution in [0, 0.1) is 0 Å². The van der Waals surface area contributed by atoms with Crippen LogP contribution in [0.25, 0.3) is 0 Å². The zero-order valence-electron chi connectivity index (χ0n) is 15.5. The van der Waals surface area contributed by atoms with Gasteiger partial charge in [0.05, 0.1) is 12.7 Å². The van der Waals surface area contributed by atoms with Gasteiger partial charge in [-0.05, 0) is 59.4 Å². The van der Waals surface area contributed by atoms with Gasteiger partial charge in [0.1, 0.15) is 5.60 Å². The molecule has 1 rings (SSSR count). The molecule has 0 aromatic carbocycles. The molecular formula is C18H36N2O3. The third kappa shape index (κ3) is 10.6. The van der Waals surface area contributed by atoms with Crippen molar-refractivity contribution in [3.63, 3.8) is 0 Å². The van der Waals surface area contributed by atoms with Crippen molar-refractivity contribution in [2.75, 3.05) is 19.7 Å². The van der Waals surface area contributed by atoms with Crippen LogP contribution in [0.4, 0.5) is 4.79 Å². The molecule has 0 saturated heterocycles. The van der Waals surface area contributed by atoms with Crippen molar-refractivity contribution in [3.8, 4) is 0 Å². The highest BCUT2D eigenvalue weighted by Crippen LogP contribution is 2.21. The second-order valence-corrected chi connectivity index (χ2v) is 7.45. The van der Waals surface area contributed by atoms with Crippen molar-refractivity contribution < 1.29 is 14.3 Å². The summed E-state index contributed by atoms with van der Waals surface area (Å²) >= 11 is 0. The summed E-state index contributed by atoms with van der Waals surface area (Å²) in [5.41, 5.74) is -0.436. The van der Waals surface area contributed by atoms with Crippen LogP contribution < -0.4 is 10.6 Å². The maximum atomic E-state index is 11.8. The quantitative estimate of drug-likeness (QED) is 0.635. The summed E-state index contributed by atoms with van der Waals surface area (Å²) in [6.45, 7) is 10.7. The van der Waals surface area contributed by atoms with Gasteiger partial charge in [0.2, 0.25) is 0 Å². The van der Waals surface area contributed by atoms with Gasteiger partial charge in [-0.1, -0.05) is 19.8 Å². The molecule has 1 amide bonds. The first-order valence-corrected chi connectivity index (χ1v) is 9.22. The Labute approximate surface area is 141 Å². The summed E-state index contributed by atoms with van der Waals surface area (Å²) in [5, 5.41) is 6.38. The number of hydrogen-bond acceptors (Lipinski definition) is 4. The Morgan fingerprint density at radius 3 is 2.39 bits per heavy atom. The monoisotopic (exact) mass is 328 g/mol. The minimum Gasteiger partial charge on any atom is -0.444 e. The van der Waals surface area contributed by atoms with Crippen LogP contribution >= 0.6 is 0 Å². The summed E-state index contributed by atoms with van der Waals surface area (Å²) in [7, 11) is 0. The smallest absolute Gasteiger partial charge is 0.407 e. The Kier molecular flexibility index (Phi) is 9.56. The maximum absolute atomic E-state index is 11.8. The third-order valence-corrected chi connectivity index (χ3v) is 3.98. The number of carbonyl (C=O) groups excluding carboxylic acids is 1. The molecule has 23 heavy (non-hydrogen) atoms. The lowest BCUT2D eigenvalue weighted by Gasteiger charge is -2.30. The van der Waals surface area contributed by atoms with Crippen LogP contribution in [0.2, 0.25) is 0 Å². The molecule has 0 bridgehead atoms. The number of carbonyl (C=O) groups is 1.